The zero-order chi connectivity index (χ0) is 19.6. The van der Waals surface area contributed by atoms with E-state index in [-0.39, 0.29) is 29.7 Å². The van der Waals surface area contributed by atoms with Gasteiger partial charge in [-0.15, -0.1) is 22.7 Å². The Kier molecular flexibility index (Phi) is 5.15. The lowest BCUT2D eigenvalue weighted by molar-refractivity contribution is -0.125. The van der Waals surface area contributed by atoms with Crippen molar-refractivity contribution in [2.24, 2.45) is 0 Å². The SMILES string of the molecule is O=C1[C@H](c2ccccc2)[C@@H](c2cccs2)N[C@@H](c2cccs2)[C@H]1c1ccccc1. The van der Waals surface area contributed by atoms with E-state index in [4.69, 9.17) is 0 Å². The average molecular weight is 416 g/mol. The molecule has 0 bridgehead atoms. The Balaban J connectivity index is 1.66. The number of Topliss-reactive ketones (excluding diaryl/α,β-unsaturated/α-hetero) is 1. The van der Waals surface area contributed by atoms with Crippen molar-refractivity contribution in [3.05, 3.63) is 117 Å². The average Bonchev–Trinajstić information content (AvgIpc) is 3.49. The highest BCUT2D eigenvalue weighted by Crippen LogP contribution is 2.48. The van der Waals surface area contributed by atoms with E-state index in [9.17, 15) is 4.79 Å². The van der Waals surface area contributed by atoms with Gasteiger partial charge in [-0.1, -0.05) is 72.8 Å². The summed E-state index contributed by atoms with van der Waals surface area (Å²) >= 11 is 3.43. The number of ketones is 1. The van der Waals surface area contributed by atoms with Crippen LogP contribution in [0.2, 0.25) is 0 Å². The van der Waals surface area contributed by atoms with Gasteiger partial charge in [0.15, 0.2) is 5.78 Å². The van der Waals surface area contributed by atoms with Gasteiger partial charge in [-0.25, -0.2) is 0 Å². The molecular formula is C25H21NOS2. The number of rotatable bonds is 4. The lowest BCUT2D eigenvalue weighted by atomic mass is 9.72. The van der Waals surface area contributed by atoms with E-state index in [0.29, 0.717) is 0 Å². The molecule has 2 aromatic carbocycles. The van der Waals surface area contributed by atoms with Gasteiger partial charge < -0.3 is 0 Å². The molecule has 29 heavy (non-hydrogen) atoms. The standard InChI is InChI=1S/C25H21NOS2/c27-25-21(17-9-3-1-4-10-17)23(19-13-7-15-28-19)26-24(20-14-8-16-29-20)22(25)18-11-5-2-6-12-18/h1-16,21-24,26H/t21-,22-,23-,24+/m1/s1. The summed E-state index contributed by atoms with van der Waals surface area (Å²) in [7, 11) is 0. The van der Waals surface area contributed by atoms with Crippen molar-refractivity contribution in [1.29, 1.82) is 0 Å². The summed E-state index contributed by atoms with van der Waals surface area (Å²) in [6, 6.07) is 28.8. The van der Waals surface area contributed by atoms with E-state index in [1.807, 2.05) is 36.4 Å². The van der Waals surface area contributed by atoms with Crippen molar-refractivity contribution in [1.82, 2.24) is 5.32 Å². The molecule has 4 atom stereocenters. The van der Waals surface area contributed by atoms with Crippen LogP contribution in [-0.4, -0.2) is 5.78 Å². The quantitative estimate of drug-likeness (QED) is 0.422. The van der Waals surface area contributed by atoms with Crippen LogP contribution in [0.1, 0.15) is 44.8 Å². The van der Waals surface area contributed by atoms with Crippen molar-refractivity contribution in [3.63, 3.8) is 0 Å². The van der Waals surface area contributed by atoms with Crippen LogP contribution in [-0.2, 0) is 4.79 Å². The zero-order valence-corrected chi connectivity index (χ0v) is 17.4. The molecule has 0 saturated carbocycles. The van der Waals surface area contributed by atoms with Crippen molar-refractivity contribution in [2.75, 3.05) is 0 Å². The van der Waals surface area contributed by atoms with Gasteiger partial charge in [0, 0.05) is 9.75 Å². The minimum absolute atomic E-state index is 0.0306. The Hall–Kier alpha value is -2.53. The van der Waals surface area contributed by atoms with E-state index in [1.54, 1.807) is 22.7 Å². The number of hydrogen-bond donors (Lipinski definition) is 1. The Morgan fingerprint density at radius 1 is 0.586 bits per heavy atom. The summed E-state index contributed by atoms with van der Waals surface area (Å²) in [4.78, 5) is 16.5. The van der Waals surface area contributed by atoms with Crippen LogP contribution in [0.3, 0.4) is 0 Å². The first-order valence-corrected chi connectivity index (χ1v) is 11.6. The fourth-order valence-corrected chi connectivity index (χ4v) is 6.02. The first-order valence-electron chi connectivity index (χ1n) is 9.79. The topological polar surface area (TPSA) is 29.1 Å². The van der Waals surface area contributed by atoms with E-state index in [1.165, 1.54) is 9.75 Å². The molecule has 1 aliphatic heterocycles. The van der Waals surface area contributed by atoms with Gasteiger partial charge in [-0.2, -0.15) is 0 Å². The monoisotopic (exact) mass is 415 g/mol. The molecule has 1 N–H and O–H groups in total. The molecule has 1 aliphatic rings. The summed E-state index contributed by atoms with van der Waals surface area (Å²) in [6.45, 7) is 0. The molecule has 2 aromatic heterocycles. The van der Waals surface area contributed by atoms with Crippen LogP contribution >= 0.6 is 22.7 Å². The number of hydrogen-bond acceptors (Lipinski definition) is 4. The molecule has 4 aromatic rings. The maximum Gasteiger partial charge on any atom is 0.151 e. The fraction of sp³-hybridized carbons (Fsp3) is 0.160. The number of benzene rings is 2. The third-order valence-electron chi connectivity index (χ3n) is 5.66. The first kappa shape index (κ1) is 18.5. The summed E-state index contributed by atoms with van der Waals surface area (Å²) < 4.78 is 0. The highest BCUT2D eigenvalue weighted by atomic mass is 32.1. The predicted octanol–water partition coefficient (Wildman–Crippen LogP) is 6.33. The van der Waals surface area contributed by atoms with Crippen molar-refractivity contribution >= 4 is 28.5 Å². The maximum atomic E-state index is 14.1. The fourth-order valence-electron chi connectivity index (χ4n) is 4.37. The lowest BCUT2D eigenvalue weighted by Gasteiger charge is -2.41. The van der Waals surface area contributed by atoms with Crippen LogP contribution < -0.4 is 5.32 Å². The van der Waals surface area contributed by atoms with Crippen LogP contribution in [0.15, 0.2) is 95.7 Å². The number of piperidine rings is 1. The Bertz CT molecular complexity index is 973. The summed E-state index contributed by atoms with van der Waals surface area (Å²) in [5.74, 6) is -0.134. The van der Waals surface area contributed by atoms with Gasteiger partial charge in [-0.05, 0) is 34.0 Å². The summed E-state index contributed by atoms with van der Waals surface area (Å²) in [6.07, 6.45) is 0. The molecule has 144 valence electrons. The summed E-state index contributed by atoms with van der Waals surface area (Å²) in [5.41, 5.74) is 2.16. The molecule has 0 spiro atoms. The lowest BCUT2D eigenvalue weighted by Crippen LogP contribution is -2.45. The highest BCUT2D eigenvalue weighted by Gasteiger charge is 2.46. The second-order valence-electron chi connectivity index (χ2n) is 7.33. The van der Waals surface area contributed by atoms with Gasteiger partial charge in [0.05, 0.1) is 23.9 Å². The third-order valence-corrected chi connectivity index (χ3v) is 7.57. The molecule has 0 unspecified atom stereocenters. The molecule has 0 aliphatic carbocycles. The normalized spacial score (nSPS) is 24.5. The minimum Gasteiger partial charge on any atom is -0.300 e. The van der Waals surface area contributed by atoms with Crippen LogP contribution in [0.25, 0.3) is 0 Å². The van der Waals surface area contributed by atoms with Crippen molar-refractivity contribution in [3.8, 4) is 0 Å². The number of carbonyl (C=O) groups is 1. The van der Waals surface area contributed by atoms with Gasteiger partial charge in [-0.3, -0.25) is 10.1 Å². The largest absolute Gasteiger partial charge is 0.300 e. The molecule has 3 heterocycles. The van der Waals surface area contributed by atoms with Crippen molar-refractivity contribution < 1.29 is 4.79 Å². The Morgan fingerprint density at radius 3 is 1.41 bits per heavy atom. The highest BCUT2D eigenvalue weighted by molar-refractivity contribution is 7.10. The minimum atomic E-state index is -0.212. The van der Waals surface area contributed by atoms with Crippen molar-refractivity contribution in [2.45, 2.75) is 23.9 Å². The summed E-state index contributed by atoms with van der Waals surface area (Å²) in [5, 5.41) is 8.07. The molecule has 1 saturated heterocycles. The smallest absolute Gasteiger partial charge is 0.151 e. The number of thiophene rings is 2. The molecule has 0 radical (unpaired) electrons. The van der Waals surface area contributed by atoms with Gasteiger partial charge in [0.2, 0.25) is 0 Å². The third kappa shape index (κ3) is 3.48. The second-order valence-corrected chi connectivity index (χ2v) is 9.29. The predicted molar refractivity (Wildman–Crippen MR) is 121 cm³/mol. The van der Waals surface area contributed by atoms with E-state index in [0.717, 1.165) is 11.1 Å². The van der Waals surface area contributed by atoms with Crippen LogP contribution in [0.5, 0.6) is 0 Å². The molecule has 0 amide bonds. The van der Waals surface area contributed by atoms with E-state index in [2.05, 4.69) is 64.6 Å². The van der Waals surface area contributed by atoms with E-state index >= 15 is 0 Å². The molecule has 1 fully saturated rings. The molecular weight excluding hydrogens is 394 g/mol. The first-order chi connectivity index (χ1) is 14.3. The van der Waals surface area contributed by atoms with Gasteiger partial charge in [0.25, 0.3) is 0 Å². The van der Waals surface area contributed by atoms with Gasteiger partial charge >= 0.3 is 0 Å². The Labute approximate surface area is 178 Å². The second kappa shape index (κ2) is 8.07. The zero-order valence-electron chi connectivity index (χ0n) is 15.8. The van der Waals surface area contributed by atoms with Crippen LogP contribution in [0.4, 0.5) is 0 Å². The maximum absolute atomic E-state index is 14.1. The number of carbonyl (C=O) groups excluding carboxylic acids is 1. The molecule has 2 nitrogen and oxygen atoms in total. The number of nitrogens with one attached hydrogen (secondary N) is 1. The Morgan fingerprint density at radius 2 is 1.03 bits per heavy atom. The molecule has 5 rings (SSSR count). The molecule has 4 heteroatoms. The van der Waals surface area contributed by atoms with Crippen LogP contribution in [0, 0.1) is 0 Å². The van der Waals surface area contributed by atoms with Gasteiger partial charge in [0.1, 0.15) is 0 Å². The van der Waals surface area contributed by atoms with E-state index < -0.39 is 0 Å².